The fraction of sp³-hybridized carbons (Fsp3) is 0.0769. The summed E-state index contributed by atoms with van der Waals surface area (Å²) in [6, 6.07) is 19.0. The number of carbonyl (C=O) groups excluding carboxylic acids is 1. The molecule has 0 saturated heterocycles. The van der Waals surface area contributed by atoms with Crippen molar-refractivity contribution in [1.29, 1.82) is 0 Å². The maximum absolute atomic E-state index is 13.3. The number of carbonyl (C=O) groups is 1. The van der Waals surface area contributed by atoms with Gasteiger partial charge in [-0.2, -0.15) is 0 Å². The van der Waals surface area contributed by atoms with Gasteiger partial charge in [-0.05, 0) is 60.4 Å². The van der Waals surface area contributed by atoms with E-state index in [1.54, 1.807) is 30.5 Å². The molecule has 32 heavy (non-hydrogen) atoms. The van der Waals surface area contributed by atoms with Gasteiger partial charge < -0.3 is 10.2 Å². The molecule has 156 valence electrons. The highest BCUT2D eigenvalue weighted by Crippen LogP contribution is 2.47. The Morgan fingerprint density at radius 2 is 1.84 bits per heavy atom. The molecule has 1 aliphatic carbocycles. The summed E-state index contributed by atoms with van der Waals surface area (Å²) in [5.41, 5.74) is 13.0. The lowest BCUT2D eigenvalue weighted by molar-refractivity contribution is 0.104. The van der Waals surface area contributed by atoms with Crippen LogP contribution in [0.4, 0.5) is 5.69 Å². The molecule has 3 aromatic heterocycles. The third-order valence-corrected chi connectivity index (χ3v) is 7.32. The predicted octanol–water partition coefficient (Wildman–Crippen LogP) is 6.79. The number of nitrogens with zero attached hydrogens (tertiary/aromatic N) is 1. The molecule has 0 aliphatic heterocycles. The van der Waals surface area contributed by atoms with E-state index < -0.39 is 0 Å². The maximum atomic E-state index is 13.3. The smallest absolute Gasteiger partial charge is 0.205 e. The number of benzene rings is 2. The molecule has 4 nitrogen and oxygen atoms in total. The van der Waals surface area contributed by atoms with Crippen molar-refractivity contribution in [2.24, 2.45) is 0 Å². The zero-order valence-corrected chi connectivity index (χ0v) is 18.5. The van der Waals surface area contributed by atoms with Gasteiger partial charge in [-0.3, -0.25) is 4.79 Å². The highest BCUT2D eigenvalue weighted by Gasteiger charge is 2.29. The number of anilines is 1. The minimum absolute atomic E-state index is 0.133. The number of rotatable bonds is 3. The molecular weight excluding hydrogens is 440 g/mol. The summed E-state index contributed by atoms with van der Waals surface area (Å²) in [6.07, 6.45) is 3.42. The molecule has 0 atom stereocenters. The number of ketones is 1. The van der Waals surface area contributed by atoms with E-state index in [9.17, 15) is 4.79 Å². The number of furan rings is 1. The average Bonchev–Trinajstić information content (AvgIpc) is 3.46. The minimum Gasteiger partial charge on any atom is -0.464 e. The van der Waals surface area contributed by atoms with Crippen molar-refractivity contribution >= 4 is 44.6 Å². The Kier molecular flexibility index (Phi) is 4.42. The molecule has 5 aromatic rings. The molecule has 0 saturated carbocycles. The van der Waals surface area contributed by atoms with Crippen molar-refractivity contribution < 1.29 is 9.21 Å². The van der Waals surface area contributed by atoms with Crippen LogP contribution in [0, 0.1) is 0 Å². The standard InChI is InChI=1S/C26H17ClN2O2S/c27-16-10-7-15(8-11-16)24(30)25-22(28)21-20(19-6-3-13-31-19)18-12-9-14-4-1-2-5-17(14)23(18)29-26(21)32-25/h1-8,10-11,13H,9,12,28H2. The number of halogens is 1. The van der Waals surface area contributed by atoms with E-state index in [0.29, 0.717) is 21.2 Å². The van der Waals surface area contributed by atoms with Gasteiger partial charge in [-0.15, -0.1) is 11.3 Å². The molecule has 0 fully saturated rings. The monoisotopic (exact) mass is 456 g/mol. The first-order chi connectivity index (χ1) is 15.6. The van der Waals surface area contributed by atoms with E-state index >= 15 is 0 Å². The van der Waals surface area contributed by atoms with Crippen LogP contribution < -0.4 is 5.73 Å². The highest BCUT2D eigenvalue weighted by molar-refractivity contribution is 7.21. The van der Waals surface area contributed by atoms with Crippen LogP contribution in [0.15, 0.2) is 71.3 Å². The first kappa shape index (κ1) is 19.3. The number of nitrogen functional groups attached to an aromatic ring is 1. The minimum atomic E-state index is -0.133. The van der Waals surface area contributed by atoms with Gasteiger partial charge in [0.1, 0.15) is 15.5 Å². The highest BCUT2D eigenvalue weighted by atomic mass is 35.5. The normalized spacial score (nSPS) is 12.5. The Labute approximate surface area is 193 Å². The van der Waals surface area contributed by atoms with Crippen molar-refractivity contribution in [2.45, 2.75) is 12.8 Å². The molecule has 6 rings (SSSR count). The summed E-state index contributed by atoms with van der Waals surface area (Å²) in [4.78, 5) is 19.5. The average molecular weight is 457 g/mol. The molecule has 0 unspecified atom stereocenters. The van der Waals surface area contributed by atoms with Crippen molar-refractivity contribution in [3.8, 4) is 22.6 Å². The SMILES string of the molecule is Nc1c(C(=O)c2ccc(Cl)cc2)sc2nc3c(c(-c4ccco4)c12)CCc1ccccc1-3. The Morgan fingerprint density at radius 3 is 2.62 bits per heavy atom. The van der Waals surface area contributed by atoms with Crippen LogP contribution in [0.25, 0.3) is 32.8 Å². The molecule has 0 spiro atoms. The predicted molar refractivity (Wildman–Crippen MR) is 129 cm³/mol. The summed E-state index contributed by atoms with van der Waals surface area (Å²) in [5, 5.41) is 1.37. The number of aromatic nitrogens is 1. The molecule has 1 aliphatic rings. The van der Waals surface area contributed by atoms with Crippen molar-refractivity contribution in [2.75, 3.05) is 5.73 Å². The van der Waals surface area contributed by atoms with E-state index in [1.165, 1.54) is 16.9 Å². The zero-order valence-electron chi connectivity index (χ0n) is 16.9. The van der Waals surface area contributed by atoms with Gasteiger partial charge in [0.2, 0.25) is 5.78 Å². The van der Waals surface area contributed by atoms with Gasteiger partial charge in [0.15, 0.2) is 0 Å². The number of pyridine rings is 1. The number of fused-ring (bicyclic) bond motifs is 4. The Morgan fingerprint density at radius 1 is 1.03 bits per heavy atom. The quantitative estimate of drug-likeness (QED) is 0.303. The lowest BCUT2D eigenvalue weighted by atomic mass is 9.85. The van der Waals surface area contributed by atoms with Crippen LogP contribution in [0.2, 0.25) is 5.02 Å². The van der Waals surface area contributed by atoms with Crippen molar-refractivity contribution in [3.05, 3.63) is 93.5 Å². The first-order valence-electron chi connectivity index (χ1n) is 10.3. The second-order valence-corrected chi connectivity index (χ2v) is 9.24. The van der Waals surface area contributed by atoms with Gasteiger partial charge in [0.25, 0.3) is 0 Å². The largest absolute Gasteiger partial charge is 0.464 e. The van der Waals surface area contributed by atoms with Gasteiger partial charge in [-0.1, -0.05) is 35.9 Å². The van der Waals surface area contributed by atoms with Crippen LogP contribution in [0.3, 0.4) is 0 Å². The van der Waals surface area contributed by atoms with E-state index in [4.69, 9.17) is 26.7 Å². The molecule has 0 bridgehead atoms. The Balaban J connectivity index is 1.64. The van der Waals surface area contributed by atoms with Crippen molar-refractivity contribution in [1.82, 2.24) is 4.98 Å². The topological polar surface area (TPSA) is 69.1 Å². The third-order valence-electron chi connectivity index (χ3n) is 5.97. The van der Waals surface area contributed by atoms with Crippen LogP contribution in [-0.2, 0) is 12.8 Å². The van der Waals surface area contributed by atoms with Crippen LogP contribution in [-0.4, -0.2) is 10.8 Å². The number of thiophene rings is 1. The van der Waals surface area contributed by atoms with E-state index in [2.05, 4.69) is 18.2 Å². The number of nitrogens with two attached hydrogens (primary N) is 1. The van der Waals surface area contributed by atoms with Gasteiger partial charge in [-0.25, -0.2) is 4.98 Å². The third kappa shape index (κ3) is 2.89. The lowest BCUT2D eigenvalue weighted by Gasteiger charge is -2.21. The summed E-state index contributed by atoms with van der Waals surface area (Å²) in [6.45, 7) is 0. The number of hydrogen-bond acceptors (Lipinski definition) is 5. The number of aryl methyl sites for hydroxylation is 1. The molecule has 6 heteroatoms. The molecule has 2 N–H and O–H groups in total. The molecule has 0 amide bonds. The van der Waals surface area contributed by atoms with Crippen molar-refractivity contribution in [3.63, 3.8) is 0 Å². The molecular formula is C26H17ClN2O2S. The summed E-state index contributed by atoms with van der Waals surface area (Å²) in [5.74, 6) is 0.606. The Hall–Kier alpha value is -3.41. The van der Waals surface area contributed by atoms with Gasteiger partial charge in [0, 0.05) is 27.1 Å². The zero-order chi connectivity index (χ0) is 21.8. The van der Waals surface area contributed by atoms with Gasteiger partial charge >= 0.3 is 0 Å². The fourth-order valence-corrected chi connectivity index (χ4v) is 5.67. The molecule has 0 radical (unpaired) electrons. The second-order valence-electron chi connectivity index (χ2n) is 7.81. The van der Waals surface area contributed by atoms with Crippen LogP contribution in [0.1, 0.15) is 26.4 Å². The van der Waals surface area contributed by atoms with E-state index in [-0.39, 0.29) is 5.78 Å². The van der Waals surface area contributed by atoms with Gasteiger partial charge in [0.05, 0.1) is 17.6 Å². The van der Waals surface area contributed by atoms with E-state index in [0.717, 1.165) is 51.2 Å². The summed E-state index contributed by atoms with van der Waals surface area (Å²) >= 11 is 7.33. The maximum Gasteiger partial charge on any atom is 0.205 e. The lowest BCUT2D eigenvalue weighted by Crippen LogP contribution is -2.08. The summed E-state index contributed by atoms with van der Waals surface area (Å²) < 4.78 is 5.83. The van der Waals surface area contributed by atoms with Crippen LogP contribution in [0.5, 0.6) is 0 Å². The molecule has 3 heterocycles. The Bertz CT molecular complexity index is 1500. The van der Waals surface area contributed by atoms with E-state index in [1.807, 2.05) is 18.2 Å². The van der Waals surface area contributed by atoms with Crippen LogP contribution >= 0.6 is 22.9 Å². The fourth-order valence-electron chi connectivity index (χ4n) is 4.48. The number of hydrogen-bond donors (Lipinski definition) is 1. The first-order valence-corrected chi connectivity index (χ1v) is 11.5. The second kappa shape index (κ2) is 7.33. The molecule has 2 aromatic carbocycles. The summed E-state index contributed by atoms with van der Waals surface area (Å²) in [7, 11) is 0.